The van der Waals surface area contributed by atoms with Gasteiger partial charge in [-0.15, -0.1) is 13.2 Å². The maximum Gasteiger partial charge on any atom is 0.573 e. The predicted molar refractivity (Wildman–Crippen MR) is 131 cm³/mol. The zero-order valence-electron chi connectivity index (χ0n) is 20.6. The first-order chi connectivity index (χ1) is 18.2. The molecule has 1 fully saturated rings. The second-order valence-corrected chi connectivity index (χ2v) is 9.26. The summed E-state index contributed by atoms with van der Waals surface area (Å²) in [6.45, 7) is 3.22. The number of hydrogen-bond acceptors (Lipinski definition) is 6. The highest BCUT2D eigenvalue weighted by molar-refractivity contribution is 6.09. The molecule has 2 heterocycles. The molecule has 2 aromatic rings. The highest BCUT2D eigenvalue weighted by Gasteiger charge is 2.41. The second-order valence-electron chi connectivity index (χ2n) is 9.26. The number of rotatable bonds is 8. The van der Waals surface area contributed by atoms with E-state index in [9.17, 15) is 22.8 Å². The maximum atomic E-state index is 13.1. The molecule has 38 heavy (non-hydrogen) atoms. The average Bonchev–Trinajstić information content (AvgIpc) is 3.43. The van der Waals surface area contributed by atoms with Crippen LogP contribution < -0.4 is 19.1 Å². The highest BCUT2D eigenvalue weighted by Crippen LogP contribution is 2.40. The monoisotopic (exact) mass is 529 g/mol. The van der Waals surface area contributed by atoms with Crippen LogP contribution in [0.3, 0.4) is 0 Å². The van der Waals surface area contributed by atoms with Gasteiger partial charge in [-0.05, 0) is 37.3 Å². The molecule has 0 aromatic heterocycles. The average molecular weight is 530 g/mol. The first-order valence-electron chi connectivity index (χ1n) is 12.3. The van der Waals surface area contributed by atoms with Gasteiger partial charge >= 0.3 is 12.3 Å². The van der Waals surface area contributed by atoms with E-state index in [4.69, 9.17) is 14.2 Å². The summed E-state index contributed by atoms with van der Waals surface area (Å²) in [5, 5.41) is 0. The highest BCUT2D eigenvalue weighted by atomic mass is 19.4. The van der Waals surface area contributed by atoms with Crippen LogP contribution in [0.2, 0.25) is 0 Å². The van der Waals surface area contributed by atoms with Crippen molar-refractivity contribution >= 4 is 17.6 Å². The number of ether oxygens (including phenoxy) is 4. The van der Waals surface area contributed by atoms with E-state index in [0.717, 1.165) is 5.56 Å². The first-order valence-corrected chi connectivity index (χ1v) is 12.3. The summed E-state index contributed by atoms with van der Waals surface area (Å²) in [4.78, 5) is 26.5. The quantitative estimate of drug-likeness (QED) is 0.440. The van der Waals surface area contributed by atoms with Crippen molar-refractivity contribution < 1.29 is 41.7 Å². The van der Waals surface area contributed by atoms with Crippen molar-refractivity contribution in [1.29, 1.82) is 0 Å². The largest absolute Gasteiger partial charge is 0.573 e. The van der Waals surface area contributed by atoms with Gasteiger partial charge in [-0.3, -0.25) is 9.59 Å². The van der Waals surface area contributed by atoms with Gasteiger partial charge in [-0.1, -0.05) is 24.3 Å². The Morgan fingerprint density at radius 2 is 1.89 bits per heavy atom. The Labute approximate surface area is 217 Å². The fourth-order valence-electron chi connectivity index (χ4n) is 5.04. The molecule has 3 unspecified atom stereocenters. The van der Waals surface area contributed by atoms with Crippen LogP contribution >= 0.6 is 0 Å². The Balaban J connectivity index is 1.22. The molecule has 1 saturated heterocycles. The molecule has 0 saturated carbocycles. The summed E-state index contributed by atoms with van der Waals surface area (Å²) in [6, 6.07) is 10.8. The standard InChI is InChI=1S/C28H26F3NO6/c1-2-35-26(33)12-18-16-37-25-13-21(10-11-22(18)25)36-15-17-4-3-5-23-24(17)14-32(27(23)34)19-6-8-20(9-7-19)38-28(29,30)31/h3-11,13,17-18,24H,2,12,14-16H2,1H3. The van der Waals surface area contributed by atoms with Crippen molar-refractivity contribution in [1.82, 2.24) is 0 Å². The van der Waals surface area contributed by atoms with E-state index in [1.165, 1.54) is 24.3 Å². The molecule has 3 aliphatic rings. The predicted octanol–water partition coefficient (Wildman–Crippen LogP) is 5.17. The Hall–Kier alpha value is -3.95. The van der Waals surface area contributed by atoms with Gasteiger partial charge in [0.2, 0.25) is 0 Å². The lowest BCUT2D eigenvalue weighted by Gasteiger charge is -2.23. The Kier molecular flexibility index (Phi) is 7.05. The van der Waals surface area contributed by atoms with E-state index >= 15 is 0 Å². The lowest BCUT2D eigenvalue weighted by atomic mass is 9.84. The van der Waals surface area contributed by atoms with Gasteiger partial charge in [-0.25, -0.2) is 0 Å². The van der Waals surface area contributed by atoms with Crippen LogP contribution in [0.1, 0.15) is 24.8 Å². The van der Waals surface area contributed by atoms with Gasteiger partial charge in [0, 0.05) is 47.2 Å². The smallest absolute Gasteiger partial charge is 0.493 e. The Bertz CT molecular complexity index is 1270. The van der Waals surface area contributed by atoms with Gasteiger partial charge in [0.05, 0.1) is 26.2 Å². The van der Waals surface area contributed by atoms with Crippen LogP contribution in [0, 0.1) is 11.8 Å². The third kappa shape index (κ3) is 5.49. The number of carbonyl (C=O) groups is 2. The van der Waals surface area contributed by atoms with Crippen molar-refractivity contribution in [3.8, 4) is 17.2 Å². The third-order valence-electron chi connectivity index (χ3n) is 6.83. The summed E-state index contributed by atoms with van der Waals surface area (Å²) in [6.07, 6.45) is 1.07. The fourth-order valence-corrected chi connectivity index (χ4v) is 5.04. The van der Waals surface area contributed by atoms with Crippen molar-refractivity contribution in [2.75, 3.05) is 31.3 Å². The van der Waals surface area contributed by atoms with Crippen molar-refractivity contribution in [3.63, 3.8) is 0 Å². The molecule has 0 bridgehead atoms. The van der Waals surface area contributed by atoms with E-state index in [2.05, 4.69) is 4.74 Å². The lowest BCUT2D eigenvalue weighted by molar-refractivity contribution is -0.274. The zero-order chi connectivity index (χ0) is 26.9. The second kappa shape index (κ2) is 10.4. The number of alkyl halides is 3. The van der Waals surface area contributed by atoms with Crippen LogP contribution in [-0.4, -0.2) is 44.6 Å². The molecule has 5 rings (SSSR count). The van der Waals surface area contributed by atoms with Crippen LogP contribution in [0.15, 0.2) is 66.3 Å². The number of benzene rings is 2. The molecule has 0 radical (unpaired) electrons. The third-order valence-corrected chi connectivity index (χ3v) is 6.83. The first kappa shape index (κ1) is 25.7. The van der Waals surface area contributed by atoms with Gasteiger partial charge < -0.3 is 23.8 Å². The minimum Gasteiger partial charge on any atom is -0.493 e. The van der Waals surface area contributed by atoms with Crippen LogP contribution in [-0.2, 0) is 14.3 Å². The summed E-state index contributed by atoms with van der Waals surface area (Å²) in [5.74, 6) is 0.240. The summed E-state index contributed by atoms with van der Waals surface area (Å²) in [5.41, 5.74) is 2.07. The minimum absolute atomic E-state index is 0.0587. The molecule has 1 aliphatic carbocycles. The van der Waals surface area contributed by atoms with Crippen molar-refractivity contribution in [3.05, 3.63) is 71.8 Å². The number of halogens is 3. The summed E-state index contributed by atoms with van der Waals surface area (Å²) >= 11 is 0. The van der Waals surface area contributed by atoms with Crippen molar-refractivity contribution in [2.24, 2.45) is 11.8 Å². The molecule has 2 aromatic carbocycles. The lowest BCUT2D eigenvalue weighted by Crippen LogP contribution is -2.27. The number of fused-ring (bicyclic) bond motifs is 2. The number of anilines is 1. The number of esters is 1. The molecule has 200 valence electrons. The minimum atomic E-state index is -4.78. The molecule has 2 aliphatic heterocycles. The van der Waals surface area contributed by atoms with Crippen LogP contribution in [0.5, 0.6) is 17.2 Å². The van der Waals surface area contributed by atoms with Gasteiger partial charge in [0.1, 0.15) is 17.2 Å². The Morgan fingerprint density at radius 3 is 2.63 bits per heavy atom. The number of allylic oxidation sites excluding steroid dienone is 2. The fraction of sp³-hybridized carbons (Fsp3) is 0.357. The molecule has 0 spiro atoms. The van der Waals surface area contributed by atoms with E-state index in [0.29, 0.717) is 49.1 Å². The van der Waals surface area contributed by atoms with Crippen molar-refractivity contribution in [2.45, 2.75) is 25.6 Å². The van der Waals surface area contributed by atoms with E-state index in [1.54, 1.807) is 24.0 Å². The molecule has 7 nitrogen and oxygen atoms in total. The molecule has 0 N–H and O–H groups in total. The molecule has 10 heteroatoms. The topological polar surface area (TPSA) is 74.3 Å². The SMILES string of the molecule is CCOC(=O)CC1COc2cc(OCC3C=CC=C4C(=O)N(c5ccc(OC(F)(F)F)cc5)CC43)ccc21. The molecule has 1 amide bonds. The molecule has 3 atom stereocenters. The van der Waals surface area contributed by atoms with E-state index < -0.39 is 6.36 Å². The molecular weight excluding hydrogens is 503 g/mol. The summed E-state index contributed by atoms with van der Waals surface area (Å²) in [7, 11) is 0. The zero-order valence-corrected chi connectivity index (χ0v) is 20.6. The number of hydrogen-bond donors (Lipinski definition) is 0. The number of nitrogens with zero attached hydrogens (tertiary/aromatic N) is 1. The van der Waals surface area contributed by atoms with Gasteiger partial charge in [0.15, 0.2) is 0 Å². The van der Waals surface area contributed by atoms with Crippen LogP contribution in [0.4, 0.5) is 18.9 Å². The normalized spacial score (nSPS) is 21.9. The van der Waals surface area contributed by atoms with Gasteiger partial charge in [-0.2, -0.15) is 0 Å². The Morgan fingerprint density at radius 1 is 1.13 bits per heavy atom. The van der Waals surface area contributed by atoms with Crippen LogP contribution in [0.25, 0.3) is 0 Å². The van der Waals surface area contributed by atoms with Gasteiger partial charge in [0.25, 0.3) is 5.91 Å². The van der Waals surface area contributed by atoms with E-state index in [1.807, 2.05) is 24.3 Å². The maximum absolute atomic E-state index is 13.1. The molecular formula is C28H26F3NO6. The number of amides is 1. The summed E-state index contributed by atoms with van der Waals surface area (Å²) < 4.78 is 58.2. The number of carbonyl (C=O) groups excluding carboxylic acids is 2. The van der Waals surface area contributed by atoms with E-state index in [-0.39, 0.29) is 41.8 Å².